The van der Waals surface area contributed by atoms with Gasteiger partial charge in [-0.05, 0) is 87.1 Å². The molecular formula is C28H27Cl2N3O5S. The van der Waals surface area contributed by atoms with Gasteiger partial charge in [-0.2, -0.15) is 5.10 Å². The Labute approximate surface area is 240 Å². The quantitative estimate of drug-likeness (QED) is 0.142. The molecule has 204 valence electrons. The molecule has 2 N–H and O–H groups in total. The lowest BCUT2D eigenvalue weighted by atomic mass is 9.95. The number of amides is 2. The van der Waals surface area contributed by atoms with Gasteiger partial charge in [0.25, 0.3) is 0 Å². The van der Waals surface area contributed by atoms with Crippen molar-refractivity contribution in [2.24, 2.45) is 5.10 Å². The van der Waals surface area contributed by atoms with Gasteiger partial charge in [0, 0.05) is 20.5 Å². The predicted molar refractivity (Wildman–Crippen MR) is 153 cm³/mol. The number of benzene rings is 2. The van der Waals surface area contributed by atoms with Crippen LogP contribution in [-0.2, 0) is 33.8 Å². The molecule has 2 amide bonds. The minimum Gasteiger partial charge on any atom is -0.489 e. The number of hydrogen-bond acceptors (Lipinski definition) is 7. The van der Waals surface area contributed by atoms with Crippen LogP contribution in [0.25, 0.3) is 0 Å². The van der Waals surface area contributed by atoms with Crippen LogP contribution in [-0.4, -0.2) is 30.1 Å². The van der Waals surface area contributed by atoms with Crippen LogP contribution in [0, 0.1) is 0 Å². The summed E-state index contributed by atoms with van der Waals surface area (Å²) in [7, 11) is 0. The number of esters is 1. The number of carbonyl (C=O) groups excluding carboxylic acids is 3. The van der Waals surface area contributed by atoms with E-state index in [1.807, 2.05) is 0 Å². The first-order valence-corrected chi connectivity index (χ1v) is 14.0. The minimum absolute atomic E-state index is 0.210. The highest BCUT2D eigenvalue weighted by molar-refractivity contribution is 7.17. The van der Waals surface area contributed by atoms with E-state index < -0.39 is 17.8 Å². The van der Waals surface area contributed by atoms with Crippen molar-refractivity contribution in [2.45, 2.75) is 46.1 Å². The zero-order chi connectivity index (χ0) is 27.9. The molecule has 0 radical (unpaired) electrons. The molecule has 0 saturated heterocycles. The molecule has 11 heteroatoms. The number of thiophene rings is 1. The molecule has 1 aliphatic rings. The van der Waals surface area contributed by atoms with Crippen LogP contribution in [0.5, 0.6) is 5.75 Å². The summed E-state index contributed by atoms with van der Waals surface area (Å²) >= 11 is 13.7. The Hall–Kier alpha value is -3.40. The van der Waals surface area contributed by atoms with Crippen molar-refractivity contribution in [2.75, 3.05) is 11.9 Å². The average Bonchev–Trinajstić information content (AvgIpc) is 3.29. The maximum absolute atomic E-state index is 12.6. The van der Waals surface area contributed by atoms with E-state index in [0.29, 0.717) is 37.6 Å². The number of carbonyl (C=O) groups is 3. The fourth-order valence-corrected chi connectivity index (χ4v) is 5.88. The fourth-order valence-electron chi connectivity index (χ4n) is 4.10. The number of ether oxygens (including phenoxy) is 2. The lowest BCUT2D eigenvalue weighted by molar-refractivity contribution is -0.136. The molecule has 1 aliphatic carbocycles. The van der Waals surface area contributed by atoms with Crippen molar-refractivity contribution >= 4 is 63.0 Å². The van der Waals surface area contributed by atoms with Crippen LogP contribution >= 0.6 is 34.5 Å². The zero-order valence-electron chi connectivity index (χ0n) is 21.4. The summed E-state index contributed by atoms with van der Waals surface area (Å²) in [6, 6.07) is 12.3. The third-order valence-electron chi connectivity index (χ3n) is 6.13. The Morgan fingerprint density at radius 3 is 2.38 bits per heavy atom. The molecular weight excluding hydrogens is 561 g/mol. The van der Waals surface area contributed by atoms with Gasteiger partial charge in [0.15, 0.2) is 0 Å². The highest BCUT2D eigenvalue weighted by Gasteiger charge is 2.28. The van der Waals surface area contributed by atoms with Crippen molar-refractivity contribution in [3.05, 3.63) is 79.6 Å². The van der Waals surface area contributed by atoms with Gasteiger partial charge in [-0.15, -0.1) is 11.3 Å². The molecule has 0 spiro atoms. The summed E-state index contributed by atoms with van der Waals surface area (Å²) in [5, 5.41) is 8.00. The topological polar surface area (TPSA) is 106 Å². The Kier molecular flexibility index (Phi) is 9.61. The molecule has 0 fully saturated rings. The lowest BCUT2D eigenvalue weighted by Crippen LogP contribution is -2.33. The second-order valence-electron chi connectivity index (χ2n) is 8.74. The summed E-state index contributed by atoms with van der Waals surface area (Å²) in [5.74, 6) is -1.77. The van der Waals surface area contributed by atoms with Gasteiger partial charge >= 0.3 is 17.8 Å². The van der Waals surface area contributed by atoms with Crippen LogP contribution in [0.1, 0.15) is 58.6 Å². The third kappa shape index (κ3) is 6.98. The molecule has 1 aromatic heterocycles. The van der Waals surface area contributed by atoms with Gasteiger partial charge in [0.05, 0.1) is 17.9 Å². The van der Waals surface area contributed by atoms with Crippen molar-refractivity contribution in [1.29, 1.82) is 0 Å². The molecule has 4 rings (SSSR count). The van der Waals surface area contributed by atoms with Crippen LogP contribution in [0.4, 0.5) is 5.00 Å². The summed E-state index contributed by atoms with van der Waals surface area (Å²) in [6.45, 7) is 3.85. The van der Waals surface area contributed by atoms with Gasteiger partial charge < -0.3 is 14.8 Å². The van der Waals surface area contributed by atoms with E-state index in [2.05, 4.69) is 15.8 Å². The first-order chi connectivity index (χ1) is 18.8. The first-order valence-electron chi connectivity index (χ1n) is 12.4. The molecule has 0 atom stereocenters. The second-order valence-corrected chi connectivity index (χ2v) is 10.7. The number of fused-ring (bicyclic) bond motifs is 1. The SMILES string of the molecule is CCOC(=O)c1c(NC(=O)C(=O)N/N=C(\C)c2ccc(OCc3c(Cl)cccc3Cl)cc2)sc2c1CCCC2. The van der Waals surface area contributed by atoms with Gasteiger partial charge in [0.1, 0.15) is 17.4 Å². The highest BCUT2D eigenvalue weighted by Crippen LogP contribution is 2.38. The normalized spacial score (nSPS) is 12.9. The van der Waals surface area contributed by atoms with E-state index in [-0.39, 0.29) is 13.2 Å². The average molecular weight is 589 g/mol. The first kappa shape index (κ1) is 28.6. The number of nitrogens with one attached hydrogen (secondary N) is 2. The number of anilines is 1. The Morgan fingerprint density at radius 2 is 1.69 bits per heavy atom. The van der Waals surface area contributed by atoms with Crippen molar-refractivity contribution in [3.63, 3.8) is 0 Å². The summed E-state index contributed by atoms with van der Waals surface area (Å²) in [5.41, 5.74) is 5.41. The van der Waals surface area contributed by atoms with E-state index in [0.717, 1.165) is 41.7 Å². The Balaban J connectivity index is 1.37. The number of nitrogens with zero attached hydrogens (tertiary/aromatic N) is 1. The van der Waals surface area contributed by atoms with E-state index in [1.165, 1.54) is 11.3 Å². The predicted octanol–water partition coefficient (Wildman–Crippen LogP) is 6.17. The van der Waals surface area contributed by atoms with Gasteiger partial charge in [-0.1, -0.05) is 29.3 Å². The lowest BCUT2D eigenvalue weighted by Gasteiger charge is -2.12. The molecule has 0 unspecified atom stereocenters. The van der Waals surface area contributed by atoms with Gasteiger partial charge in [-0.25, -0.2) is 10.2 Å². The van der Waals surface area contributed by atoms with Crippen molar-refractivity contribution in [3.8, 4) is 5.75 Å². The molecule has 8 nitrogen and oxygen atoms in total. The van der Waals surface area contributed by atoms with Crippen molar-refractivity contribution < 1.29 is 23.9 Å². The number of halogens is 2. The molecule has 0 aliphatic heterocycles. The summed E-state index contributed by atoms with van der Waals surface area (Å²) in [4.78, 5) is 38.7. The number of hydrogen-bond donors (Lipinski definition) is 2. The molecule has 0 saturated carbocycles. The zero-order valence-corrected chi connectivity index (χ0v) is 23.8. The van der Waals surface area contributed by atoms with Crippen LogP contribution in [0.15, 0.2) is 47.6 Å². The number of hydrazone groups is 1. The van der Waals surface area contributed by atoms with E-state index in [4.69, 9.17) is 32.7 Å². The number of rotatable bonds is 8. The van der Waals surface area contributed by atoms with Gasteiger partial charge in [-0.3, -0.25) is 9.59 Å². The smallest absolute Gasteiger partial charge is 0.341 e. The van der Waals surface area contributed by atoms with Crippen molar-refractivity contribution in [1.82, 2.24) is 5.43 Å². The Bertz CT molecular complexity index is 1400. The van der Waals surface area contributed by atoms with Crippen LogP contribution < -0.4 is 15.5 Å². The van der Waals surface area contributed by atoms with Gasteiger partial charge in [0.2, 0.25) is 0 Å². The summed E-state index contributed by atoms with van der Waals surface area (Å²) in [6.07, 6.45) is 3.54. The maximum Gasteiger partial charge on any atom is 0.341 e. The minimum atomic E-state index is -0.952. The fraction of sp³-hybridized carbons (Fsp3) is 0.286. The molecule has 1 heterocycles. The highest BCUT2D eigenvalue weighted by atomic mass is 35.5. The van der Waals surface area contributed by atoms with Crippen LogP contribution in [0.3, 0.4) is 0 Å². The third-order valence-corrected chi connectivity index (χ3v) is 8.04. The molecule has 39 heavy (non-hydrogen) atoms. The monoisotopic (exact) mass is 587 g/mol. The second kappa shape index (κ2) is 13.1. The summed E-state index contributed by atoms with van der Waals surface area (Å²) < 4.78 is 11.0. The Morgan fingerprint density at radius 1 is 1.00 bits per heavy atom. The van der Waals surface area contributed by atoms with E-state index in [9.17, 15) is 14.4 Å². The largest absolute Gasteiger partial charge is 0.489 e. The molecule has 0 bridgehead atoms. The van der Waals surface area contributed by atoms with E-state index >= 15 is 0 Å². The maximum atomic E-state index is 12.6. The van der Waals surface area contributed by atoms with Crippen LogP contribution in [0.2, 0.25) is 10.0 Å². The molecule has 2 aromatic carbocycles. The standard InChI is InChI=1S/C28H27Cl2N3O5S/c1-3-37-28(36)24-19-7-4-5-10-23(19)39-27(24)31-25(34)26(35)33-32-16(2)17-11-13-18(14-12-17)38-15-20-21(29)8-6-9-22(20)30/h6,8-9,11-14H,3-5,7,10,15H2,1-2H3,(H,31,34)(H,33,35)/b32-16+. The molecule has 3 aromatic rings. The number of aryl methyl sites for hydroxylation is 1. The van der Waals surface area contributed by atoms with E-state index in [1.54, 1.807) is 56.3 Å².